The van der Waals surface area contributed by atoms with Crippen molar-refractivity contribution in [1.29, 1.82) is 0 Å². The molecule has 0 bridgehead atoms. The number of hydrogen-bond acceptors (Lipinski definition) is 6. The number of halogens is 1. The van der Waals surface area contributed by atoms with Gasteiger partial charge in [-0.1, -0.05) is 17.7 Å². The molecule has 8 nitrogen and oxygen atoms in total. The summed E-state index contributed by atoms with van der Waals surface area (Å²) < 4.78 is 11.2. The van der Waals surface area contributed by atoms with E-state index in [1.165, 1.54) is 5.56 Å². The van der Waals surface area contributed by atoms with Gasteiger partial charge in [-0.2, -0.15) is 0 Å². The molecule has 5 heterocycles. The number of benzene rings is 1. The lowest BCUT2D eigenvalue weighted by atomic mass is 9.86. The zero-order chi connectivity index (χ0) is 24.0. The van der Waals surface area contributed by atoms with E-state index in [0.29, 0.717) is 57.4 Å². The largest absolute Gasteiger partial charge is 0.381 e. The molecule has 1 unspecified atom stereocenters. The van der Waals surface area contributed by atoms with E-state index >= 15 is 0 Å². The fourth-order valence-corrected chi connectivity index (χ4v) is 5.66. The maximum atomic E-state index is 13.3. The Balaban J connectivity index is 1.38. The first-order valence-electron chi connectivity index (χ1n) is 12.2. The minimum absolute atomic E-state index is 0.0335. The van der Waals surface area contributed by atoms with E-state index in [1.807, 2.05) is 11.1 Å². The molecule has 3 N–H and O–H groups in total. The maximum Gasteiger partial charge on any atom is 0.255 e. The number of hydrogen-bond donors (Lipinski definition) is 3. The second kappa shape index (κ2) is 9.19. The second-order valence-electron chi connectivity index (χ2n) is 9.66. The maximum absolute atomic E-state index is 13.3. The summed E-state index contributed by atoms with van der Waals surface area (Å²) in [5, 5.41) is 16.1. The van der Waals surface area contributed by atoms with Gasteiger partial charge in [0.15, 0.2) is 0 Å². The molecule has 0 radical (unpaired) electrons. The fourth-order valence-electron chi connectivity index (χ4n) is 5.46. The summed E-state index contributed by atoms with van der Waals surface area (Å²) in [4.78, 5) is 22.8. The van der Waals surface area contributed by atoms with E-state index < -0.39 is 5.60 Å². The van der Waals surface area contributed by atoms with Crippen LogP contribution in [0.3, 0.4) is 0 Å². The standard InChI is InChI=1S/C26H29ClN4O4/c27-22-13-30-24-20(22)11-18(12-29-24)17-9-16-1-5-31(25(32)26(33)2-6-34-7-3-26)14-21(16)19(10-17)23-15-35-8-4-28-23/h9-13,23,28,33H,1-8,14-15H2,(H,29,30). The van der Waals surface area contributed by atoms with Gasteiger partial charge in [-0.3, -0.25) is 4.79 Å². The van der Waals surface area contributed by atoms with E-state index in [9.17, 15) is 9.90 Å². The third-order valence-electron chi connectivity index (χ3n) is 7.49. The third-order valence-corrected chi connectivity index (χ3v) is 7.81. The quantitative estimate of drug-likeness (QED) is 0.515. The number of H-pyrrole nitrogens is 1. The molecular weight excluding hydrogens is 468 g/mol. The number of carbonyl (C=O) groups excluding carboxylic acids is 1. The monoisotopic (exact) mass is 496 g/mol. The Bertz CT molecular complexity index is 1260. The first kappa shape index (κ1) is 22.9. The molecule has 184 valence electrons. The Morgan fingerprint density at radius 3 is 2.83 bits per heavy atom. The number of nitrogens with one attached hydrogen (secondary N) is 2. The van der Waals surface area contributed by atoms with Crippen LogP contribution in [-0.2, 0) is 27.2 Å². The van der Waals surface area contributed by atoms with E-state index in [4.69, 9.17) is 21.1 Å². The fraction of sp³-hybridized carbons (Fsp3) is 0.462. The van der Waals surface area contributed by atoms with E-state index in [-0.39, 0.29) is 11.9 Å². The van der Waals surface area contributed by atoms with Gasteiger partial charge in [0.2, 0.25) is 0 Å². The lowest BCUT2D eigenvalue weighted by molar-refractivity contribution is -0.161. The minimum atomic E-state index is -1.33. The summed E-state index contributed by atoms with van der Waals surface area (Å²) in [6, 6.07) is 6.49. The van der Waals surface area contributed by atoms with Gasteiger partial charge in [-0.05, 0) is 40.8 Å². The number of ether oxygens (including phenoxy) is 2. The molecule has 2 fully saturated rings. The lowest BCUT2D eigenvalue weighted by Gasteiger charge is -2.39. The number of aromatic nitrogens is 2. The van der Waals surface area contributed by atoms with Gasteiger partial charge in [-0.15, -0.1) is 0 Å². The van der Waals surface area contributed by atoms with Gasteiger partial charge in [0.1, 0.15) is 11.2 Å². The predicted octanol–water partition coefficient (Wildman–Crippen LogP) is 2.97. The summed E-state index contributed by atoms with van der Waals surface area (Å²) in [7, 11) is 0. The highest BCUT2D eigenvalue weighted by atomic mass is 35.5. The van der Waals surface area contributed by atoms with E-state index in [1.54, 1.807) is 6.20 Å². The summed E-state index contributed by atoms with van der Waals surface area (Å²) in [5.74, 6) is -0.189. The molecule has 1 amide bonds. The minimum Gasteiger partial charge on any atom is -0.381 e. The van der Waals surface area contributed by atoms with Crippen molar-refractivity contribution < 1.29 is 19.4 Å². The Morgan fingerprint density at radius 1 is 1.17 bits per heavy atom. The van der Waals surface area contributed by atoms with Crippen LogP contribution in [0.5, 0.6) is 0 Å². The van der Waals surface area contributed by atoms with Crippen molar-refractivity contribution in [3.63, 3.8) is 0 Å². The highest BCUT2D eigenvalue weighted by Gasteiger charge is 2.41. The predicted molar refractivity (Wildman–Crippen MR) is 132 cm³/mol. The molecule has 0 spiro atoms. The Labute approximate surface area is 208 Å². The van der Waals surface area contributed by atoms with Gasteiger partial charge >= 0.3 is 0 Å². The Hall–Kier alpha value is -2.49. The summed E-state index contributed by atoms with van der Waals surface area (Å²) in [6.45, 7) is 3.91. The summed E-state index contributed by atoms with van der Waals surface area (Å²) in [5.41, 5.74) is 4.98. The lowest BCUT2D eigenvalue weighted by Crippen LogP contribution is -2.53. The topological polar surface area (TPSA) is 99.7 Å². The van der Waals surface area contributed by atoms with Gasteiger partial charge in [0, 0.05) is 69.0 Å². The van der Waals surface area contributed by atoms with Gasteiger partial charge in [0.05, 0.1) is 24.3 Å². The molecule has 2 aromatic heterocycles. The number of aromatic amines is 1. The Morgan fingerprint density at radius 2 is 2.03 bits per heavy atom. The molecule has 3 aliphatic heterocycles. The molecular formula is C26H29ClN4O4. The SMILES string of the molecule is O=C(N1CCc2cc(-c3cnc4[nH]cc(Cl)c4c3)cc(C3COCCN3)c2C1)C1(O)CCOCC1. The van der Waals surface area contributed by atoms with E-state index in [0.717, 1.165) is 46.3 Å². The molecule has 3 aliphatic rings. The average Bonchev–Trinajstić information content (AvgIpc) is 3.28. The number of fused-ring (bicyclic) bond motifs is 2. The van der Waals surface area contributed by atoms with Crippen LogP contribution in [0.4, 0.5) is 0 Å². The second-order valence-corrected chi connectivity index (χ2v) is 10.1. The zero-order valence-corrected chi connectivity index (χ0v) is 20.2. The normalized spacial score (nSPS) is 22.2. The van der Waals surface area contributed by atoms with Crippen molar-refractivity contribution in [2.24, 2.45) is 0 Å². The van der Waals surface area contributed by atoms with Crippen LogP contribution in [0.25, 0.3) is 22.2 Å². The van der Waals surface area contributed by atoms with Gasteiger partial charge in [-0.25, -0.2) is 4.98 Å². The van der Waals surface area contributed by atoms with Crippen LogP contribution < -0.4 is 5.32 Å². The van der Waals surface area contributed by atoms with Crippen LogP contribution in [-0.4, -0.2) is 71.0 Å². The Kier molecular flexibility index (Phi) is 6.02. The number of amides is 1. The number of rotatable bonds is 3. The molecule has 0 saturated carbocycles. The van der Waals surface area contributed by atoms with Crippen LogP contribution in [0.1, 0.15) is 35.6 Å². The number of morpholine rings is 1. The molecule has 6 rings (SSSR count). The number of pyridine rings is 1. The number of nitrogens with zero attached hydrogens (tertiary/aromatic N) is 2. The van der Waals surface area contributed by atoms with Crippen molar-refractivity contribution in [1.82, 2.24) is 20.2 Å². The average molecular weight is 497 g/mol. The smallest absolute Gasteiger partial charge is 0.255 e. The highest BCUT2D eigenvalue weighted by Crippen LogP contribution is 2.36. The van der Waals surface area contributed by atoms with Crippen molar-refractivity contribution in [3.8, 4) is 11.1 Å². The molecule has 9 heteroatoms. The van der Waals surface area contributed by atoms with Gasteiger partial charge < -0.3 is 29.8 Å². The molecule has 2 saturated heterocycles. The van der Waals surface area contributed by atoms with Crippen molar-refractivity contribution in [2.45, 2.75) is 37.5 Å². The first-order valence-corrected chi connectivity index (χ1v) is 12.6. The van der Waals surface area contributed by atoms with Crippen LogP contribution >= 0.6 is 11.6 Å². The van der Waals surface area contributed by atoms with Gasteiger partial charge in [0.25, 0.3) is 5.91 Å². The number of carbonyl (C=O) groups is 1. The molecule has 35 heavy (non-hydrogen) atoms. The first-order chi connectivity index (χ1) is 17.0. The summed E-state index contributed by atoms with van der Waals surface area (Å²) >= 11 is 6.36. The highest BCUT2D eigenvalue weighted by molar-refractivity contribution is 6.35. The van der Waals surface area contributed by atoms with Crippen molar-refractivity contribution in [3.05, 3.63) is 52.3 Å². The molecule has 1 atom stereocenters. The van der Waals surface area contributed by atoms with Crippen molar-refractivity contribution in [2.75, 3.05) is 39.5 Å². The molecule has 1 aromatic carbocycles. The van der Waals surface area contributed by atoms with Crippen LogP contribution in [0.2, 0.25) is 5.02 Å². The van der Waals surface area contributed by atoms with Crippen LogP contribution in [0.15, 0.2) is 30.6 Å². The summed E-state index contributed by atoms with van der Waals surface area (Å²) in [6.07, 6.45) is 5.03. The molecule has 0 aliphatic carbocycles. The third kappa shape index (κ3) is 4.23. The zero-order valence-electron chi connectivity index (χ0n) is 19.5. The van der Waals surface area contributed by atoms with Crippen molar-refractivity contribution >= 4 is 28.5 Å². The van der Waals surface area contributed by atoms with Crippen LogP contribution in [0, 0.1) is 0 Å². The van der Waals surface area contributed by atoms with E-state index in [2.05, 4.69) is 33.5 Å². The number of aliphatic hydroxyl groups is 1. The molecule has 3 aromatic rings.